The molecule has 1 saturated heterocycles. The highest BCUT2D eigenvalue weighted by Crippen LogP contribution is 2.34. The summed E-state index contributed by atoms with van der Waals surface area (Å²) >= 11 is 0. The highest BCUT2D eigenvalue weighted by molar-refractivity contribution is 6.09. The van der Waals surface area contributed by atoms with Gasteiger partial charge in [0.15, 0.2) is 5.82 Å². The van der Waals surface area contributed by atoms with Gasteiger partial charge in [-0.25, -0.2) is 9.97 Å². The molecule has 0 saturated carbocycles. The van der Waals surface area contributed by atoms with Gasteiger partial charge in [0.2, 0.25) is 0 Å². The predicted octanol–water partition coefficient (Wildman–Crippen LogP) is 2.74. The molecule has 0 aliphatic carbocycles. The summed E-state index contributed by atoms with van der Waals surface area (Å²) in [4.78, 5) is 11.5. The number of morpholine rings is 1. The van der Waals surface area contributed by atoms with Crippen molar-refractivity contribution >= 4 is 27.8 Å². The Hall–Kier alpha value is -2.34. The predicted molar refractivity (Wildman–Crippen MR) is 94.8 cm³/mol. The Morgan fingerprint density at radius 3 is 2.62 bits per heavy atom. The van der Waals surface area contributed by atoms with Crippen molar-refractivity contribution < 1.29 is 9.47 Å². The molecule has 0 bridgehead atoms. The molecule has 3 heterocycles. The maximum atomic E-state index is 5.86. The standard InChI is InChI=1S/C18H22N4O2/c1-11-8-22(9-12(2)24-11)18-17-16(19-10-20-18)14-7-13(23-4)5-6-15(14)21(17)3/h5-7,10-12H,8-9H2,1-4H3. The van der Waals surface area contributed by atoms with Gasteiger partial charge in [0.1, 0.15) is 23.1 Å². The van der Waals surface area contributed by atoms with E-state index in [1.165, 1.54) is 0 Å². The number of rotatable bonds is 2. The molecule has 3 aromatic rings. The van der Waals surface area contributed by atoms with E-state index in [1.807, 2.05) is 12.1 Å². The molecule has 0 radical (unpaired) electrons. The molecule has 0 N–H and O–H groups in total. The number of methoxy groups -OCH3 is 1. The Balaban J connectivity index is 1.94. The fourth-order valence-electron chi connectivity index (χ4n) is 3.70. The number of nitrogens with zero attached hydrogens (tertiary/aromatic N) is 4. The van der Waals surface area contributed by atoms with E-state index in [9.17, 15) is 0 Å². The molecule has 4 rings (SSSR count). The van der Waals surface area contributed by atoms with E-state index in [0.29, 0.717) is 0 Å². The van der Waals surface area contributed by atoms with E-state index in [-0.39, 0.29) is 12.2 Å². The maximum Gasteiger partial charge on any atom is 0.156 e. The molecule has 1 aliphatic rings. The zero-order chi connectivity index (χ0) is 16.8. The van der Waals surface area contributed by atoms with Crippen molar-refractivity contribution in [3.05, 3.63) is 24.5 Å². The average Bonchev–Trinajstić information content (AvgIpc) is 2.86. The number of hydrogen-bond acceptors (Lipinski definition) is 5. The zero-order valence-electron chi connectivity index (χ0n) is 14.5. The smallest absolute Gasteiger partial charge is 0.156 e. The van der Waals surface area contributed by atoms with Crippen molar-refractivity contribution in [1.82, 2.24) is 14.5 Å². The van der Waals surface area contributed by atoms with Crippen LogP contribution in [-0.4, -0.2) is 46.9 Å². The number of aromatic nitrogens is 3. The summed E-state index contributed by atoms with van der Waals surface area (Å²) in [6.07, 6.45) is 2.03. The Kier molecular flexibility index (Phi) is 3.57. The molecular formula is C18H22N4O2. The summed E-state index contributed by atoms with van der Waals surface area (Å²) in [7, 11) is 3.75. The molecule has 24 heavy (non-hydrogen) atoms. The molecule has 0 amide bonds. The van der Waals surface area contributed by atoms with Crippen LogP contribution >= 0.6 is 0 Å². The highest BCUT2D eigenvalue weighted by atomic mass is 16.5. The molecule has 0 spiro atoms. The second-order valence-electron chi connectivity index (χ2n) is 6.50. The molecule has 6 heteroatoms. The van der Waals surface area contributed by atoms with Crippen molar-refractivity contribution in [3.8, 4) is 5.75 Å². The van der Waals surface area contributed by atoms with Gasteiger partial charge in [0.25, 0.3) is 0 Å². The molecule has 2 unspecified atom stereocenters. The quantitative estimate of drug-likeness (QED) is 0.725. The number of anilines is 1. The summed E-state index contributed by atoms with van der Waals surface area (Å²) in [6, 6.07) is 6.09. The van der Waals surface area contributed by atoms with Crippen LogP contribution < -0.4 is 9.64 Å². The first-order chi connectivity index (χ1) is 11.6. The van der Waals surface area contributed by atoms with Crippen molar-refractivity contribution in [2.45, 2.75) is 26.1 Å². The first-order valence-electron chi connectivity index (χ1n) is 8.26. The third kappa shape index (κ3) is 2.29. The molecule has 2 aromatic heterocycles. The Bertz CT molecular complexity index is 895. The largest absolute Gasteiger partial charge is 0.497 e. The topological polar surface area (TPSA) is 52.4 Å². The van der Waals surface area contributed by atoms with Crippen LogP contribution in [0.3, 0.4) is 0 Å². The van der Waals surface area contributed by atoms with Gasteiger partial charge in [0, 0.05) is 25.5 Å². The van der Waals surface area contributed by atoms with Crippen LogP contribution in [0, 0.1) is 0 Å². The van der Waals surface area contributed by atoms with Gasteiger partial charge in [-0.15, -0.1) is 0 Å². The molecule has 126 valence electrons. The lowest BCUT2D eigenvalue weighted by Gasteiger charge is -2.36. The summed E-state index contributed by atoms with van der Waals surface area (Å²) in [5.74, 6) is 1.81. The third-order valence-electron chi connectivity index (χ3n) is 4.68. The molecule has 2 atom stereocenters. The number of fused-ring (bicyclic) bond motifs is 3. The summed E-state index contributed by atoms with van der Waals surface area (Å²) in [5, 5.41) is 1.09. The van der Waals surface area contributed by atoms with Gasteiger partial charge in [-0.05, 0) is 32.0 Å². The van der Waals surface area contributed by atoms with E-state index in [0.717, 1.165) is 46.6 Å². The van der Waals surface area contributed by atoms with Crippen LogP contribution in [0.2, 0.25) is 0 Å². The SMILES string of the molecule is COc1ccc2c(c1)c1ncnc(N3CC(C)OC(C)C3)c1n2C. The Morgan fingerprint density at radius 2 is 1.92 bits per heavy atom. The van der Waals surface area contributed by atoms with Gasteiger partial charge in [-0.3, -0.25) is 0 Å². The first kappa shape index (κ1) is 15.2. The van der Waals surface area contributed by atoms with E-state index >= 15 is 0 Å². The zero-order valence-corrected chi connectivity index (χ0v) is 14.5. The first-order valence-corrected chi connectivity index (χ1v) is 8.26. The van der Waals surface area contributed by atoms with Gasteiger partial charge >= 0.3 is 0 Å². The Labute approximate surface area is 141 Å². The van der Waals surface area contributed by atoms with Gasteiger partial charge in [-0.1, -0.05) is 0 Å². The van der Waals surface area contributed by atoms with Crippen molar-refractivity contribution in [2.24, 2.45) is 7.05 Å². The number of ether oxygens (including phenoxy) is 2. The van der Waals surface area contributed by atoms with Crippen molar-refractivity contribution in [1.29, 1.82) is 0 Å². The van der Waals surface area contributed by atoms with Crippen LogP contribution in [0.25, 0.3) is 21.9 Å². The summed E-state index contributed by atoms with van der Waals surface area (Å²) in [6.45, 7) is 5.88. The van der Waals surface area contributed by atoms with Crippen molar-refractivity contribution in [2.75, 3.05) is 25.1 Å². The number of hydrogen-bond donors (Lipinski definition) is 0. The second kappa shape index (κ2) is 5.63. The summed E-state index contributed by atoms with van der Waals surface area (Å²) in [5.41, 5.74) is 3.15. The lowest BCUT2D eigenvalue weighted by molar-refractivity contribution is -0.00538. The molecule has 6 nitrogen and oxygen atoms in total. The average molecular weight is 326 g/mol. The monoisotopic (exact) mass is 326 g/mol. The minimum atomic E-state index is 0.188. The maximum absolute atomic E-state index is 5.86. The van der Waals surface area contributed by atoms with E-state index in [4.69, 9.17) is 9.47 Å². The van der Waals surface area contributed by atoms with Crippen LogP contribution in [0.5, 0.6) is 5.75 Å². The van der Waals surface area contributed by atoms with Gasteiger partial charge in [-0.2, -0.15) is 0 Å². The normalized spacial score (nSPS) is 21.6. The Morgan fingerprint density at radius 1 is 1.17 bits per heavy atom. The highest BCUT2D eigenvalue weighted by Gasteiger charge is 2.26. The lowest BCUT2D eigenvalue weighted by Crippen LogP contribution is -2.46. The minimum absolute atomic E-state index is 0.188. The molecule has 1 aliphatic heterocycles. The minimum Gasteiger partial charge on any atom is -0.497 e. The van der Waals surface area contributed by atoms with Crippen LogP contribution in [0.4, 0.5) is 5.82 Å². The van der Waals surface area contributed by atoms with Gasteiger partial charge in [0.05, 0.1) is 24.8 Å². The fraction of sp³-hybridized carbons (Fsp3) is 0.444. The van der Waals surface area contributed by atoms with E-state index in [2.05, 4.69) is 46.4 Å². The molecular weight excluding hydrogens is 304 g/mol. The second-order valence-corrected chi connectivity index (χ2v) is 6.50. The van der Waals surface area contributed by atoms with Crippen LogP contribution in [0.15, 0.2) is 24.5 Å². The van der Waals surface area contributed by atoms with Crippen LogP contribution in [-0.2, 0) is 11.8 Å². The van der Waals surface area contributed by atoms with Gasteiger partial charge < -0.3 is 18.9 Å². The molecule has 1 aromatic carbocycles. The summed E-state index contributed by atoms with van der Waals surface area (Å²) < 4.78 is 13.4. The number of aryl methyl sites for hydroxylation is 1. The van der Waals surface area contributed by atoms with Crippen LogP contribution in [0.1, 0.15) is 13.8 Å². The fourth-order valence-corrected chi connectivity index (χ4v) is 3.70. The third-order valence-corrected chi connectivity index (χ3v) is 4.68. The molecule has 1 fully saturated rings. The van der Waals surface area contributed by atoms with Crippen molar-refractivity contribution in [3.63, 3.8) is 0 Å². The van der Waals surface area contributed by atoms with E-state index in [1.54, 1.807) is 13.4 Å². The van der Waals surface area contributed by atoms with E-state index < -0.39 is 0 Å². The lowest BCUT2D eigenvalue weighted by atomic mass is 10.2. The number of benzene rings is 1.